The number of aromatic nitrogens is 2. The van der Waals surface area contributed by atoms with Gasteiger partial charge >= 0.3 is 0 Å². The minimum atomic E-state index is -0.537. The van der Waals surface area contributed by atoms with Gasteiger partial charge in [-0.1, -0.05) is 39.8 Å². The van der Waals surface area contributed by atoms with E-state index in [1.165, 1.54) is 0 Å². The molecule has 0 saturated heterocycles. The lowest BCUT2D eigenvalue weighted by atomic mass is 9.93. The van der Waals surface area contributed by atoms with E-state index in [0.717, 1.165) is 12.2 Å². The molecule has 1 amide bonds. The van der Waals surface area contributed by atoms with Crippen molar-refractivity contribution in [2.24, 2.45) is 5.41 Å². The second kappa shape index (κ2) is 9.55. The van der Waals surface area contributed by atoms with Crippen molar-refractivity contribution in [2.75, 3.05) is 13.2 Å². The van der Waals surface area contributed by atoms with Gasteiger partial charge in [0.2, 0.25) is 5.91 Å². The molecule has 1 aromatic heterocycles. The normalized spacial score (nSPS) is 12.6. The number of carbonyl (C=O) groups excluding carboxylic acids is 1. The van der Waals surface area contributed by atoms with E-state index in [1.54, 1.807) is 10.6 Å². The van der Waals surface area contributed by atoms with Crippen LogP contribution in [-0.4, -0.2) is 33.5 Å². The minimum Gasteiger partial charge on any atom is -0.494 e. The Labute approximate surface area is 189 Å². The van der Waals surface area contributed by atoms with Crippen molar-refractivity contribution in [3.8, 4) is 11.4 Å². The Bertz CT molecular complexity index is 1140. The van der Waals surface area contributed by atoms with Crippen LogP contribution in [-0.2, 0) is 4.79 Å². The van der Waals surface area contributed by atoms with Crippen molar-refractivity contribution < 1.29 is 9.53 Å². The summed E-state index contributed by atoms with van der Waals surface area (Å²) in [5.74, 6) is 1.32. The molecule has 6 nitrogen and oxygen atoms in total. The first kappa shape index (κ1) is 23.5. The fraction of sp³-hybridized carbons (Fsp3) is 0.423. The molecule has 170 valence electrons. The molecule has 0 spiro atoms. The van der Waals surface area contributed by atoms with Gasteiger partial charge in [-0.15, -0.1) is 0 Å². The molecule has 1 unspecified atom stereocenters. The molecule has 3 rings (SSSR count). The summed E-state index contributed by atoms with van der Waals surface area (Å²) >= 11 is 0. The average molecular weight is 436 g/mol. The zero-order valence-electron chi connectivity index (χ0n) is 19.9. The van der Waals surface area contributed by atoms with Gasteiger partial charge in [0, 0.05) is 12.0 Å². The lowest BCUT2D eigenvalue weighted by molar-refractivity contribution is -0.142. The highest BCUT2D eigenvalue weighted by Crippen LogP contribution is 2.28. The molecule has 0 aliphatic rings. The summed E-state index contributed by atoms with van der Waals surface area (Å²) in [7, 11) is 0. The summed E-state index contributed by atoms with van der Waals surface area (Å²) in [6.07, 6.45) is 0.813. The highest BCUT2D eigenvalue weighted by atomic mass is 16.5. The number of ether oxygens (including phenoxy) is 1. The Kier molecular flexibility index (Phi) is 7.02. The SMILES string of the molecule is CCCN(C(=O)C(C)(C)C)C(C)c1nc2ccccc2c(=O)n1-c1ccc(OCC)cc1. The van der Waals surface area contributed by atoms with Crippen molar-refractivity contribution in [1.29, 1.82) is 0 Å². The molecule has 1 heterocycles. The number of benzene rings is 2. The molecule has 0 N–H and O–H groups in total. The molecule has 3 aromatic rings. The Hall–Kier alpha value is -3.15. The highest BCUT2D eigenvalue weighted by Gasteiger charge is 2.32. The number of hydrogen-bond donors (Lipinski definition) is 0. The van der Waals surface area contributed by atoms with Gasteiger partial charge in [0.1, 0.15) is 11.6 Å². The lowest BCUT2D eigenvalue weighted by Gasteiger charge is -2.34. The summed E-state index contributed by atoms with van der Waals surface area (Å²) in [4.78, 5) is 33.6. The van der Waals surface area contributed by atoms with Crippen LogP contribution in [0.2, 0.25) is 0 Å². The van der Waals surface area contributed by atoms with Gasteiger partial charge in [-0.25, -0.2) is 4.98 Å². The molecule has 0 radical (unpaired) electrons. The van der Waals surface area contributed by atoms with Crippen LogP contribution in [0.1, 0.15) is 59.8 Å². The number of fused-ring (bicyclic) bond motifs is 1. The van der Waals surface area contributed by atoms with Crippen LogP contribution in [0.5, 0.6) is 5.75 Å². The second-order valence-electron chi connectivity index (χ2n) is 8.98. The Morgan fingerprint density at radius 2 is 1.75 bits per heavy atom. The molecule has 0 aliphatic heterocycles. The summed E-state index contributed by atoms with van der Waals surface area (Å²) < 4.78 is 7.18. The predicted molar refractivity (Wildman–Crippen MR) is 128 cm³/mol. The number of hydrogen-bond acceptors (Lipinski definition) is 4. The van der Waals surface area contributed by atoms with E-state index in [1.807, 2.05) is 88.9 Å². The maximum atomic E-state index is 13.6. The van der Waals surface area contributed by atoms with E-state index >= 15 is 0 Å². The molecule has 0 saturated carbocycles. The number of amides is 1. The van der Waals surface area contributed by atoms with Gasteiger partial charge in [0.05, 0.1) is 29.2 Å². The third kappa shape index (κ3) is 4.69. The Morgan fingerprint density at radius 3 is 2.34 bits per heavy atom. The van der Waals surface area contributed by atoms with Gasteiger partial charge in [-0.05, 0) is 56.7 Å². The number of para-hydroxylation sites is 1. The lowest BCUT2D eigenvalue weighted by Crippen LogP contribution is -2.43. The molecule has 32 heavy (non-hydrogen) atoms. The minimum absolute atomic E-state index is 0.0347. The highest BCUT2D eigenvalue weighted by molar-refractivity contribution is 5.82. The maximum absolute atomic E-state index is 13.6. The van der Waals surface area contributed by atoms with E-state index in [2.05, 4.69) is 0 Å². The van der Waals surface area contributed by atoms with Crippen molar-refractivity contribution >= 4 is 16.8 Å². The first-order chi connectivity index (χ1) is 15.2. The molecule has 2 aromatic carbocycles. The van der Waals surface area contributed by atoms with Gasteiger partial charge in [-0.3, -0.25) is 14.2 Å². The quantitative estimate of drug-likeness (QED) is 0.516. The fourth-order valence-corrected chi connectivity index (χ4v) is 3.82. The van der Waals surface area contributed by atoms with Crippen LogP contribution in [0, 0.1) is 5.41 Å². The first-order valence-electron chi connectivity index (χ1n) is 11.2. The van der Waals surface area contributed by atoms with Gasteiger partial charge in [-0.2, -0.15) is 0 Å². The average Bonchev–Trinajstić information content (AvgIpc) is 2.77. The standard InChI is InChI=1S/C26H33N3O3/c1-7-17-28(25(31)26(4,5)6)18(3)23-27-22-12-10-9-11-21(22)24(30)29(23)19-13-15-20(16-14-19)32-8-2/h9-16,18H,7-8,17H2,1-6H3. The zero-order chi connectivity index (χ0) is 23.5. The van der Waals surface area contributed by atoms with Crippen LogP contribution in [0.25, 0.3) is 16.6 Å². The molecule has 0 fully saturated rings. The molecular formula is C26H33N3O3. The summed E-state index contributed by atoms with van der Waals surface area (Å²) in [5, 5.41) is 0.543. The maximum Gasteiger partial charge on any atom is 0.266 e. The monoisotopic (exact) mass is 435 g/mol. The van der Waals surface area contributed by atoms with Gasteiger partial charge in [0.25, 0.3) is 5.56 Å². The largest absolute Gasteiger partial charge is 0.494 e. The van der Waals surface area contributed by atoms with Crippen molar-refractivity contribution in [3.05, 3.63) is 64.7 Å². The van der Waals surface area contributed by atoms with E-state index in [0.29, 0.717) is 35.6 Å². The first-order valence-corrected chi connectivity index (χ1v) is 11.2. The van der Waals surface area contributed by atoms with Crippen LogP contribution in [0.15, 0.2) is 53.3 Å². The van der Waals surface area contributed by atoms with Crippen molar-refractivity contribution in [2.45, 2.75) is 54.0 Å². The smallest absolute Gasteiger partial charge is 0.266 e. The van der Waals surface area contributed by atoms with E-state index in [-0.39, 0.29) is 17.5 Å². The molecule has 1 atom stereocenters. The molecule has 6 heteroatoms. The molecular weight excluding hydrogens is 402 g/mol. The molecule has 0 bridgehead atoms. The van der Waals surface area contributed by atoms with Crippen molar-refractivity contribution in [3.63, 3.8) is 0 Å². The summed E-state index contributed by atoms with van der Waals surface area (Å²) in [6.45, 7) is 12.8. The van der Waals surface area contributed by atoms with E-state index in [4.69, 9.17) is 9.72 Å². The number of rotatable bonds is 7. The van der Waals surface area contributed by atoms with Gasteiger partial charge < -0.3 is 9.64 Å². The van der Waals surface area contributed by atoms with Crippen molar-refractivity contribution in [1.82, 2.24) is 14.5 Å². The van der Waals surface area contributed by atoms with Crippen LogP contribution < -0.4 is 10.3 Å². The van der Waals surface area contributed by atoms with Crippen LogP contribution in [0.3, 0.4) is 0 Å². The third-order valence-electron chi connectivity index (χ3n) is 5.42. The zero-order valence-corrected chi connectivity index (χ0v) is 19.9. The summed E-state index contributed by atoms with van der Waals surface area (Å²) in [5.41, 5.74) is 0.630. The summed E-state index contributed by atoms with van der Waals surface area (Å²) in [6, 6.07) is 14.4. The Morgan fingerprint density at radius 1 is 1.09 bits per heavy atom. The van der Waals surface area contributed by atoms with Crippen LogP contribution >= 0.6 is 0 Å². The van der Waals surface area contributed by atoms with E-state index < -0.39 is 5.41 Å². The van der Waals surface area contributed by atoms with E-state index in [9.17, 15) is 9.59 Å². The Balaban J connectivity index is 2.23. The number of carbonyl (C=O) groups is 1. The fourth-order valence-electron chi connectivity index (χ4n) is 3.82. The number of nitrogens with zero attached hydrogens (tertiary/aromatic N) is 3. The predicted octanol–water partition coefficient (Wildman–Crippen LogP) is 5.13. The third-order valence-corrected chi connectivity index (χ3v) is 5.42. The van der Waals surface area contributed by atoms with Crippen LogP contribution in [0.4, 0.5) is 0 Å². The topological polar surface area (TPSA) is 64.4 Å². The van der Waals surface area contributed by atoms with Gasteiger partial charge in [0.15, 0.2) is 0 Å². The second-order valence-corrected chi connectivity index (χ2v) is 8.98. The molecule has 0 aliphatic carbocycles.